The summed E-state index contributed by atoms with van der Waals surface area (Å²) in [5.41, 5.74) is -0.207. The van der Waals surface area contributed by atoms with Crippen molar-refractivity contribution in [1.29, 1.82) is 0 Å². The van der Waals surface area contributed by atoms with Crippen molar-refractivity contribution in [3.8, 4) is 0 Å². The first kappa shape index (κ1) is 18.4. The van der Waals surface area contributed by atoms with Crippen molar-refractivity contribution in [3.05, 3.63) is 23.8 Å². The summed E-state index contributed by atoms with van der Waals surface area (Å²) in [6.45, 7) is 5.10. The normalized spacial score (nSPS) is 53.3. The summed E-state index contributed by atoms with van der Waals surface area (Å²) in [6, 6.07) is 0. The number of hydrogen-bond donors (Lipinski definition) is 0. The SMILES string of the molecule is CC12C=CC(=O)C=C1CCC1C2C(=O)CC2(C)C1CCC21OCOC12COCO2. The molecule has 5 fully saturated rings. The molecule has 3 saturated carbocycles. The Bertz CT molecular complexity index is 848. The molecule has 7 atom stereocenters. The molecule has 0 amide bonds. The van der Waals surface area contributed by atoms with Crippen molar-refractivity contribution in [2.24, 2.45) is 28.6 Å². The van der Waals surface area contributed by atoms with Crippen molar-refractivity contribution >= 4 is 11.6 Å². The average Bonchev–Trinajstić information content (AvgIpc) is 3.37. The molecule has 7 unspecified atom stereocenters. The number of rotatable bonds is 0. The average molecular weight is 400 g/mol. The molecule has 6 nitrogen and oxygen atoms in total. The van der Waals surface area contributed by atoms with Gasteiger partial charge in [0.1, 0.15) is 18.0 Å². The van der Waals surface area contributed by atoms with E-state index in [1.54, 1.807) is 12.2 Å². The van der Waals surface area contributed by atoms with E-state index in [1.165, 1.54) is 0 Å². The van der Waals surface area contributed by atoms with Gasteiger partial charge in [0.2, 0.25) is 5.79 Å². The van der Waals surface area contributed by atoms with E-state index >= 15 is 0 Å². The second-order valence-electron chi connectivity index (χ2n) is 10.2. The molecule has 4 aliphatic carbocycles. The van der Waals surface area contributed by atoms with Crippen molar-refractivity contribution in [3.63, 3.8) is 0 Å². The first-order valence-electron chi connectivity index (χ1n) is 10.8. The van der Waals surface area contributed by atoms with Crippen LogP contribution in [0, 0.1) is 28.6 Å². The van der Waals surface area contributed by atoms with Crippen molar-refractivity contribution in [2.75, 3.05) is 20.2 Å². The Labute approximate surface area is 170 Å². The number of allylic oxidation sites excluding steroid dienone is 4. The maximum Gasteiger partial charge on any atom is 0.226 e. The van der Waals surface area contributed by atoms with Gasteiger partial charge in [0.05, 0.1) is 0 Å². The van der Waals surface area contributed by atoms with Gasteiger partial charge in [0.15, 0.2) is 19.4 Å². The van der Waals surface area contributed by atoms with E-state index in [0.717, 1.165) is 31.3 Å². The largest absolute Gasteiger partial charge is 0.350 e. The quantitative estimate of drug-likeness (QED) is 0.623. The number of ketones is 2. The summed E-state index contributed by atoms with van der Waals surface area (Å²) < 4.78 is 23.9. The van der Waals surface area contributed by atoms with Gasteiger partial charge in [-0.2, -0.15) is 0 Å². The molecule has 6 heteroatoms. The van der Waals surface area contributed by atoms with Crippen LogP contribution in [0.4, 0.5) is 0 Å². The van der Waals surface area contributed by atoms with E-state index in [1.807, 2.05) is 6.08 Å². The van der Waals surface area contributed by atoms with Crippen LogP contribution in [-0.2, 0) is 28.5 Å². The molecule has 6 rings (SSSR count). The van der Waals surface area contributed by atoms with Crippen LogP contribution in [0.1, 0.15) is 46.0 Å². The fourth-order valence-corrected chi connectivity index (χ4v) is 8.00. The molecular weight excluding hydrogens is 372 g/mol. The van der Waals surface area contributed by atoms with Crippen LogP contribution in [0.15, 0.2) is 23.8 Å². The zero-order valence-electron chi connectivity index (χ0n) is 17.1. The van der Waals surface area contributed by atoms with E-state index in [9.17, 15) is 9.59 Å². The highest BCUT2D eigenvalue weighted by atomic mass is 16.9. The molecule has 0 aromatic rings. The van der Waals surface area contributed by atoms with Gasteiger partial charge in [-0.1, -0.05) is 25.5 Å². The molecule has 2 aliphatic heterocycles. The third-order valence-corrected chi connectivity index (χ3v) is 9.26. The van der Waals surface area contributed by atoms with Crippen molar-refractivity contribution in [1.82, 2.24) is 0 Å². The van der Waals surface area contributed by atoms with E-state index in [0.29, 0.717) is 18.9 Å². The lowest BCUT2D eigenvalue weighted by Crippen LogP contribution is -2.65. The minimum absolute atomic E-state index is 0.0423. The van der Waals surface area contributed by atoms with Crippen LogP contribution < -0.4 is 0 Å². The van der Waals surface area contributed by atoms with Gasteiger partial charge < -0.3 is 18.9 Å². The Morgan fingerprint density at radius 2 is 1.90 bits per heavy atom. The number of Topliss-reactive ketones (excluding diaryl/α,β-unsaturated/α-hetero) is 1. The molecule has 0 bridgehead atoms. The molecule has 6 aliphatic rings. The predicted octanol–water partition coefficient (Wildman–Crippen LogP) is 2.92. The Kier molecular flexibility index (Phi) is 3.60. The van der Waals surface area contributed by atoms with E-state index in [4.69, 9.17) is 18.9 Å². The lowest BCUT2D eigenvalue weighted by Gasteiger charge is -2.58. The molecule has 156 valence electrons. The minimum Gasteiger partial charge on any atom is -0.350 e. The first-order chi connectivity index (χ1) is 13.9. The Balaban J connectivity index is 1.42. The zero-order valence-corrected chi connectivity index (χ0v) is 17.1. The smallest absolute Gasteiger partial charge is 0.226 e. The van der Waals surface area contributed by atoms with Gasteiger partial charge in [0.25, 0.3) is 0 Å². The summed E-state index contributed by atoms with van der Waals surface area (Å²) >= 11 is 0. The summed E-state index contributed by atoms with van der Waals surface area (Å²) in [4.78, 5) is 25.7. The molecule has 0 N–H and O–H groups in total. The number of carbonyl (C=O) groups is 2. The standard InChI is InChI=1S/C23H28O6/c1-20-7-5-15(24)9-14(20)3-4-16-17-6-8-22(21(17,2)10-18(25)19(16)20)23(29-13-27-22)11-26-12-28-23/h5,7,9,16-17,19H,3-4,6,8,10-13H2,1-2H3. The van der Waals surface area contributed by atoms with Gasteiger partial charge in [-0.15, -0.1) is 0 Å². The van der Waals surface area contributed by atoms with Crippen LogP contribution in [-0.4, -0.2) is 43.1 Å². The van der Waals surface area contributed by atoms with Gasteiger partial charge in [-0.3, -0.25) is 9.59 Å². The molecule has 2 spiro atoms. The lowest BCUT2D eigenvalue weighted by atomic mass is 9.46. The molecule has 0 aromatic carbocycles. The van der Waals surface area contributed by atoms with Crippen LogP contribution in [0.5, 0.6) is 0 Å². The number of hydrogen-bond acceptors (Lipinski definition) is 6. The van der Waals surface area contributed by atoms with E-state index < -0.39 is 11.4 Å². The molecular formula is C23H28O6. The highest BCUT2D eigenvalue weighted by Gasteiger charge is 2.76. The summed E-state index contributed by atoms with van der Waals surface area (Å²) in [7, 11) is 0. The predicted molar refractivity (Wildman–Crippen MR) is 101 cm³/mol. The zero-order chi connectivity index (χ0) is 20.1. The monoisotopic (exact) mass is 400 g/mol. The third kappa shape index (κ3) is 2.02. The number of carbonyl (C=O) groups excluding carboxylic acids is 2. The van der Waals surface area contributed by atoms with Crippen molar-refractivity contribution in [2.45, 2.75) is 57.3 Å². The molecule has 0 radical (unpaired) electrons. The molecule has 2 saturated heterocycles. The van der Waals surface area contributed by atoms with Crippen LogP contribution >= 0.6 is 0 Å². The molecule has 2 heterocycles. The Hall–Kier alpha value is -1.34. The highest BCUT2D eigenvalue weighted by molar-refractivity contribution is 6.01. The molecule has 0 aromatic heterocycles. The van der Waals surface area contributed by atoms with E-state index in [2.05, 4.69) is 13.8 Å². The van der Waals surface area contributed by atoms with Gasteiger partial charge >= 0.3 is 0 Å². The van der Waals surface area contributed by atoms with Crippen LogP contribution in [0.3, 0.4) is 0 Å². The summed E-state index contributed by atoms with van der Waals surface area (Å²) in [6.07, 6.45) is 9.51. The maximum atomic E-state index is 13.7. The second kappa shape index (κ2) is 5.67. The van der Waals surface area contributed by atoms with Crippen molar-refractivity contribution < 1.29 is 28.5 Å². The lowest BCUT2D eigenvalue weighted by molar-refractivity contribution is -0.245. The Morgan fingerprint density at radius 1 is 1.07 bits per heavy atom. The van der Waals surface area contributed by atoms with Gasteiger partial charge in [-0.25, -0.2) is 0 Å². The van der Waals surface area contributed by atoms with Crippen LogP contribution in [0.25, 0.3) is 0 Å². The Morgan fingerprint density at radius 3 is 2.69 bits per heavy atom. The topological polar surface area (TPSA) is 71.1 Å². The van der Waals surface area contributed by atoms with Gasteiger partial charge in [-0.05, 0) is 49.7 Å². The third-order valence-electron chi connectivity index (χ3n) is 9.26. The summed E-state index contributed by atoms with van der Waals surface area (Å²) in [5.74, 6) is -0.00208. The summed E-state index contributed by atoms with van der Waals surface area (Å²) in [5, 5.41) is 0. The maximum absolute atomic E-state index is 13.7. The second-order valence-corrected chi connectivity index (χ2v) is 10.2. The minimum atomic E-state index is -0.898. The van der Waals surface area contributed by atoms with Crippen LogP contribution in [0.2, 0.25) is 0 Å². The fourth-order valence-electron chi connectivity index (χ4n) is 8.00. The van der Waals surface area contributed by atoms with Gasteiger partial charge in [0, 0.05) is 23.2 Å². The number of ether oxygens (including phenoxy) is 4. The molecule has 29 heavy (non-hydrogen) atoms. The number of fused-ring (bicyclic) bond motifs is 7. The highest BCUT2D eigenvalue weighted by Crippen LogP contribution is 2.70. The fraction of sp³-hybridized carbons (Fsp3) is 0.739. The van der Waals surface area contributed by atoms with E-state index in [-0.39, 0.29) is 47.8 Å². The first-order valence-corrected chi connectivity index (χ1v) is 10.8.